The molecule has 0 saturated heterocycles. The molecule has 2 N–H and O–H groups in total. The lowest BCUT2D eigenvalue weighted by atomic mass is 10.2. The molecule has 6 heteroatoms. The van der Waals surface area contributed by atoms with Gasteiger partial charge in [-0.2, -0.15) is 0 Å². The highest BCUT2D eigenvalue weighted by molar-refractivity contribution is 9.10. The first-order valence-corrected chi connectivity index (χ1v) is 6.73. The Morgan fingerprint density at radius 3 is 2.95 bits per heavy atom. The minimum Gasteiger partial charge on any atom is -0.444 e. The van der Waals surface area contributed by atoms with Crippen LogP contribution in [0, 0.1) is 0 Å². The van der Waals surface area contributed by atoms with Gasteiger partial charge in [-0.15, -0.1) is 0 Å². The molecule has 0 radical (unpaired) electrons. The number of pyridine rings is 1. The molecule has 102 valence electrons. The first-order valence-electron chi connectivity index (χ1n) is 5.94. The van der Waals surface area contributed by atoms with Crippen molar-refractivity contribution in [2.45, 2.75) is 32.9 Å². The van der Waals surface area contributed by atoms with Gasteiger partial charge in [0.05, 0.1) is 17.8 Å². The number of alkyl carbamates (subject to hydrolysis) is 1. The van der Waals surface area contributed by atoms with Gasteiger partial charge in [0.2, 0.25) is 0 Å². The van der Waals surface area contributed by atoms with Crippen LogP contribution in [-0.2, 0) is 11.3 Å². The number of amides is 1. The van der Waals surface area contributed by atoms with Crippen LogP contribution in [0.3, 0.4) is 0 Å². The molecule has 0 saturated carbocycles. The summed E-state index contributed by atoms with van der Waals surface area (Å²) in [7, 11) is 0. The Bertz CT molecular complexity index is 601. The van der Waals surface area contributed by atoms with Gasteiger partial charge in [-0.05, 0) is 42.8 Å². The summed E-state index contributed by atoms with van der Waals surface area (Å²) in [5.74, 6) is 0. The van der Waals surface area contributed by atoms with E-state index < -0.39 is 11.7 Å². The summed E-state index contributed by atoms with van der Waals surface area (Å²) in [6.45, 7) is 5.80. The van der Waals surface area contributed by atoms with Gasteiger partial charge in [-0.1, -0.05) is 0 Å². The van der Waals surface area contributed by atoms with Crippen molar-refractivity contribution in [3.05, 3.63) is 28.6 Å². The number of rotatable bonds is 2. The van der Waals surface area contributed by atoms with Crippen LogP contribution in [0.2, 0.25) is 0 Å². The second kappa shape index (κ2) is 5.21. The summed E-state index contributed by atoms with van der Waals surface area (Å²) >= 11 is 3.44. The number of carbonyl (C=O) groups is 1. The maximum absolute atomic E-state index is 11.6. The molecular weight excluding hydrogens is 310 g/mol. The fraction of sp³-hybridized carbons (Fsp3) is 0.385. The Hall–Kier alpha value is -1.56. The number of aromatic nitrogens is 2. The van der Waals surface area contributed by atoms with E-state index in [1.54, 1.807) is 6.20 Å². The predicted octanol–water partition coefficient (Wildman–Crippen LogP) is 3.35. The van der Waals surface area contributed by atoms with Gasteiger partial charge in [0.25, 0.3) is 0 Å². The number of nitrogens with zero attached hydrogens (tertiary/aromatic N) is 1. The molecular formula is C13H16BrN3O2. The summed E-state index contributed by atoms with van der Waals surface area (Å²) in [6, 6.07) is 1.96. The molecule has 0 aliphatic heterocycles. The van der Waals surface area contributed by atoms with Gasteiger partial charge in [-0.25, -0.2) is 4.79 Å². The largest absolute Gasteiger partial charge is 0.444 e. The second-order valence-corrected chi connectivity index (χ2v) is 6.03. The van der Waals surface area contributed by atoms with E-state index in [2.05, 4.69) is 31.2 Å². The third-order valence-electron chi connectivity index (χ3n) is 2.43. The summed E-state index contributed by atoms with van der Waals surface area (Å²) in [5, 5.41) is 3.74. The molecule has 2 rings (SSSR count). The van der Waals surface area contributed by atoms with E-state index in [9.17, 15) is 4.79 Å². The van der Waals surface area contributed by atoms with Gasteiger partial charge in [-0.3, -0.25) is 4.98 Å². The predicted molar refractivity (Wildman–Crippen MR) is 76.9 cm³/mol. The van der Waals surface area contributed by atoms with Gasteiger partial charge < -0.3 is 15.0 Å². The van der Waals surface area contributed by atoms with Crippen molar-refractivity contribution >= 4 is 32.9 Å². The molecule has 0 spiro atoms. The fourth-order valence-electron chi connectivity index (χ4n) is 1.68. The lowest BCUT2D eigenvalue weighted by Gasteiger charge is -2.19. The number of nitrogens with one attached hydrogen (secondary N) is 2. The second-order valence-electron chi connectivity index (χ2n) is 5.17. The van der Waals surface area contributed by atoms with Crippen LogP contribution in [0.4, 0.5) is 4.79 Å². The quantitative estimate of drug-likeness (QED) is 0.889. The number of fused-ring (bicyclic) bond motifs is 1. The number of H-pyrrole nitrogens is 1. The van der Waals surface area contributed by atoms with Crippen LogP contribution in [0.15, 0.2) is 22.9 Å². The zero-order valence-corrected chi connectivity index (χ0v) is 12.7. The average Bonchev–Trinajstić information content (AvgIpc) is 2.75. The Labute approximate surface area is 119 Å². The molecule has 0 atom stereocenters. The van der Waals surface area contributed by atoms with Crippen LogP contribution < -0.4 is 5.32 Å². The van der Waals surface area contributed by atoms with E-state index in [1.165, 1.54) is 0 Å². The summed E-state index contributed by atoms with van der Waals surface area (Å²) in [6.07, 6.45) is 3.12. The van der Waals surface area contributed by atoms with Crippen molar-refractivity contribution in [2.24, 2.45) is 0 Å². The zero-order valence-electron chi connectivity index (χ0n) is 11.1. The maximum Gasteiger partial charge on any atom is 0.407 e. The molecule has 1 amide bonds. The Balaban J connectivity index is 2.08. The standard InChI is InChI=1S/C13H16BrN3O2/c1-13(2,3)19-12(18)17-7-10-11-8(4-5-15-11)9(14)6-16-10/h4-6,15H,7H2,1-3H3,(H,17,18). The molecule has 2 aromatic rings. The topological polar surface area (TPSA) is 67.0 Å². The monoisotopic (exact) mass is 325 g/mol. The Morgan fingerprint density at radius 1 is 1.53 bits per heavy atom. The highest BCUT2D eigenvalue weighted by atomic mass is 79.9. The van der Waals surface area contributed by atoms with Gasteiger partial charge in [0, 0.05) is 22.3 Å². The molecule has 19 heavy (non-hydrogen) atoms. The highest BCUT2D eigenvalue weighted by Crippen LogP contribution is 2.24. The minimum absolute atomic E-state index is 0.319. The third-order valence-corrected chi connectivity index (χ3v) is 3.06. The van der Waals surface area contributed by atoms with E-state index >= 15 is 0 Å². The normalized spacial score (nSPS) is 11.6. The molecule has 0 aliphatic carbocycles. The summed E-state index contributed by atoms with van der Waals surface area (Å²) < 4.78 is 6.10. The van der Waals surface area contributed by atoms with Crippen LogP contribution in [-0.4, -0.2) is 21.7 Å². The molecule has 2 heterocycles. The van der Waals surface area contributed by atoms with E-state index in [0.717, 1.165) is 21.1 Å². The van der Waals surface area contributed by atoms with Crippen molar-refractivity contribution < 1.29 is 9.53 Å². The molecule has 5 nitrogen and oxygen atoms in total. The van der Waals surface area contributed by atoms with Gasteiger partial charge >= 0.3 is 6.09 Å². The smallest absolute Gasteiger partial charge is 0.407 e. The number of aromatic amines is 1. The van der Waals surface area contributed by atoms with Crippen LogP contribution in [0.1, 0.15) is 26.5 Å². The van der Waals surface area contributed by atoms with Gasteiger partial charge in [0.1, 0.15) is 5.60 Å². The lowest BCUT2D eigenvalue weighted by Crippen LogP contribution is -2.32. The van der Waals surface area contributed by atoms with E-state index in [-0.39, 0.29) is 0 Å². The SMILES string of the molecule is CC(C)(C)OC(=O)NCc1ncc(Br)c2cc[nH]c12. The average molecular weight is 326 g/mol. The molecule has 2 aromatic heterocycles. The zero-order chi connectivity index (χ0) is 14.0. The van der Waals surface area contributed by atoms with Crippen molar-refractivity contribution in [1.82, 2.24) is 15.3 Å². The molecule has 0 aliphatic rings. The maximum atomic E-state index is 11.6. The molecule has 0 aromatic carbocycles. The van der Waals surface area contributed by atoms with Crippen LogP contribution in [0.5, 0.6) is 0 Å². The first-order chi connectivity index (χ1) is 8.87. The van der Waals surface area contributed by atoms with E-state index in [0.29, 0.717) is 6.54 Å². The number of ether oxygens (including phenoxy) is 1. The van der Waals surface area contributed by atoms with Crippen LogP contribution >= 0.6 is 15.9 Å². The third kappa shape index (κ3) is 3.47. The van der Waals surface area contributed by atoms with E-state index in [1.807, 2.05) is 33.0 Å². The number of carbonyl (C=O) groups excluding carboxylic acids is 1. The van der Waals surface area contributed by atoms with Crippen molar-refractivity contribution in [3.63, 3.8) is 0 Å². The fourth-order valence-corrected chi connectivity index (χ4v) is 2.11. The van der Waals surface area contributed by atoms with Crippen molar-refractivity contribution in [2.75, 3.05) is 0 Å². The highest BCUT2D eigenvalue weighted by Gasteiger charge is 2.16. The molecule has 0 unspecified atom stereocenters. The summed E-state index contributed by atoms with van der Waals surface area (Å²) in [5.41, 5.74) is 1.18. The van der Waals surface area contributed by atoms with Crippen molar-refractivity contribution in [3.8, 4) is 0 Å². The first kappa shape index (κ1) is 13.9. The number of halogens is 1. The minimum atomic E-state index is -0.501. The Morgan fingerprint density at radius 2 is 2.26 bits per heavy atom. The number of hydrogen-bond donors (Lipinski definition) is 2. The summed E-state index contributed by atoms with van der Waals surface area (Å²) in [4.78, 5) is 19.0. The van der Waals surface area contributed by atoms with E-state index in [4.69, 9.17) is 4.74 Å². The molecule has 0 fully saturated rings. The Kier molecular flexibility index (Phi) is 3.80. The number of hydrogen-bond acceptors (Lipinski definition) is 3. The molecule has 0 bridgehead atoms. The lowest BCUT2D eigenvalue weighted by molar-refractivity contribution is 0.0523. The van der Waals surface area contributed by atoms with Crippen molar-refractivity contribution in [1.29, 1.82) is 0 Å². The van der Waals surface area contributed by atoms with Gasteiger partial charge in [0.15, 0.2) is 0 Å². The van der Waals surface area contributed by atoms with Crippen LogP contribution in [0.25, 0.3) is 10.9 Å².